The molecule has 1 N–H and O–H groups in total. The minimum absolute atomic E-state index is 0.291. The van der Waals surface area contributed by atoms with E-state index in [1.807, 2.05) is 18.2 Å². The van der Waals surface area contributed by atoms with Crippen molar-refractivity contribution in [3.63, 3.8) is 0 Å². The molecule has 0 spiro atoms. The second-order valence-corrected chi connectivity index (χ2v) is 4.78. The summed E-state index contributed by atoms with van der Waals surface area (Å²) in [7, 11) is 0. The van der Waals surface area contributed by atoms with Crippen LogP contribution in [0.3, 0.4) is 0 Å². The second-order valence-electron chi connectivity index (χ2n) is 4.78. The van der Waals surface area contributed by atoms with Crippen molar-refractivity contribution in [3.05, 3.63) is 48.4 Å². The Morgan fingerprint density at radius 2 is 2.00 bits per heavy atom. The van der Waals surface area contributed by atoms with Gasteiger partial charge in [0, 0.05) is 37.2 Å². The van der Waals surface area contributed by atoms with Gasteiger partial charge in [0.2, 0.25) is 0 Å². The van der Waals surface area contributed by atoms with Crippen LogP contribution < -0.4 is 10.2 Å². The van der Waals surface area contributed by atoms with Crippen molar-refractivity contribution in [2.75, 3.05) is 23.3 Å². The molecule has 20 heavy (non-hydrogen) atoms. The van der Waals surface area contributed by atoms with E-state index < -0.39 is 0 Å². The van der Waals surface area contributed by atoms with E-state index in [1.165, 1.54) is 11.9 Å². The lowest BCUT2D eigenvalue weighted by Crippen LogP contribution is -2.26. The topological polar surface area (TPSA) is 64.8 Å². The molecule has 2 heterocycles. The summed E-state index contributed by atoms with van der Waals surface area (Å²) in [5, 5.41) is 12.3. The van der Waals surface area contributed by atoms with Crippen LogP contribution in [0.4, 0.5) is 11.5 Å². The number of para-hydroxylation sites is 1. The second kappa shape index (κ2) is 5.57. The quantitative estimate of drug-likeness (QED) is 0.920. The standard InChI is InChI=1S/C15H15N5/c16-10-14-15(18-8-7-17-14)19-12-6-9-20(11-12)13-4-2-1-3-5-13/h1-5,7-8,12H,6,9,11H2,(H,18,19). The Balaban J connectivity index is 1.68. The van der Waals surface area contributed by atoms with Crippen molar-refractivity contribution in [2.45, 2.75) is 12.5 Å². The van der Waals surface area contributed by atoms with E-state index in [4.69, 9.17) is 5.26 Å². The summed E-state index contributed by atoms with van der Waals surface area (Å²) in [5.41, 5.74) is 1.59. The monoisotopic (exact) mass is 265 g/mol. The summed E-state index contributed by atoms with van der Waals surface area (Å²) in [4.78, 5) is 10.5. The van der Waals surface area contributed by atoms with Gasteiger partial charge in [-0.05, 0) is 18.6 Å². The lowest BCUT2D eigenvalue weighted by atomic mass is 10.2. The molecular weight excluding hydrogens is 250 g/mol. The maximum absolute atomic E-state index is 9.02. The fourth-order valence-electron chi connectivity index (χ4n) is 2.47. The molecule has 1 saturated heterocycles. The Labute approximate surface area is 117 Å². The average molecular weight is 265 g/mol. The van der Waals surface area contributed by atoms with E-state index in [-0.39, 0.29) is 0 Å². The minimum atomic E-state index is 0.291. The zero-order chi connectivity index (χ0) is 13.8. The molecule has 2 aromatic rings. The van der Waals surface area contributed by atoms with Crippen LogP contribution in [0.5, 0.6) is 0 Å². The summed E-state index contributed by atoms with van der Waals surface area (Å²) in [6.45, 7) is 1.91. The molecule has 0 radical (unpaired) electrons. The molecule has 1 aliphatic heterocycles. The van der Waals surface area contributed by atoms with Crippen molar-refractivity contribution in [1.82, 2.24) is 9.97 Å². The van der Waals surface area contributed by atoms with E-state index >= 15 is 0 Å². The van der Waals surface area contributed by atoms with Gasteiger partial charge in [-0.1, -0.05) is 18.2 Å². The van der Waals surface area contributed by atoms with Crippen molar-refractivity contribution in [1.29, 1.82) is 5.26 Å². The number of nitrogens with one attached hydrogen (secondary N) is 1. The molecule has 1 aromatic heterocycles. The predicted octanol–water partition coefficient (Wildman–Crippen LogP) is 2.04. The van der Waals surface area contributed by atoms with Crippen molar-refractivity contribution >= 4 is 11.5 Å². The van der Waals surface area contributed by atoms with Crippen LogP contribution in [-0.4, -0.2) is 29.1 Å². The van der Waals surface area contributed by atoms with Gasteiger partial charge in [-0.2, -0.15) is 5.26 Å². The van der Waals surface area contributed by atoms with Crippen LogP contribution in [-0.2, 0) is 0 Å². The van der Waals surface area contributed by atoms with Crippen LogP contribution in [0.15, 0.2) is 42.7 Å². The average Bonchev–Trinajstić information content (AvgIpc) is 2.97. The van der Waals surface area contributed by atoms with Gasteiger partial charge in [-0.25, -0.2) is 9.97 Å². The van der Waals surface area contributed by atoms with Crippen molar-refractivity contribution in [3.8, 4) is 6.07 Å². The maximum Gasteiger partial charge on any atom is 0.182 e. The normalized spacial score (nSPS) is 17.8. The first-order valence-corrected chi connectivity index (χ1v) is 6.64. The first-order valence-electron chi connectivity index (χ1n) is 6.64. The molecule has 1 atom stereocenters. The lowest BCUT2D eigenvalue weighted by Gasteiger charge is -2.19. The third-order valence-corrected chi connectivity index (χ3v) is 3.45. The zero-order valence-electron chi connectivity index (χ0n) is 11.0. The predicted molar refractivity (Wildman–Crippen MR) is 77.4 cm³/mol. The number of hydrogen-bond acceptors (Lipinski definition) is 5. The fraction of sp³-hybridized carbons (Fsp3) is 0.267. The fourth-order valence-corrected chi connectivity index (χ4v) is 2.47. The molecule has 1 unspecified atom stereocenters. The summed E-state index contributed by atoms with van der Waals surface area (Å²) >= 11 is 0. The maximum atomic E-state index is 9.02. The highest BCUT2D eigenvalue weighted by Gasteiger charge is 2.23. The number of benzene rings is 1. The largest absolute Gasteiger partial charge is 0.369 e. The molecule has 0 saturated carbocycles. The first-order chi connectivity index (χ1) is 9.86. The molecule has 1 fully saturated rings. The molecule has 3 rings (SSSR count). The van der Waals surface area contributed by atoms with Gasteiger partial charge in [-0.15, -0.1) is 0 Å². The highest BCUT2D eigenvalue weighted by molar-refractivity contribution is 5.51. The Kier molecular flexibility index (Phi) is 3.46. The number of hydrogen-bond donors (Lipinski definition) is 1. The van der Waals surface area contributed by atoms with Crippen LogP contribution >= 0.6 is 0 Å². The van der Waals surface area contributed by atoms with Crippen molar-refractivity contribution in [2.24, 2.45) is 0 Å². The summed E-state index contributed by atoms with van der Waals surface area (Å²) in [6.07, 6.45) is 4.16. The highest BCUT2D eigenvalue weighted by Crippen LogP contribution is 2.22. The number of nitriles is 1. The molecular formula is C15H15N5. The molecule has 100 valence electrons. The molecule has 0 aliphatic carbocycles. The number of rotatable bonds is 3. The minimum Gasteiger partial charge on any atom is -0.369 e. The zero-order valence-corrected chi connectivity index (χ0v) is 11.0. The van der Waals surface area contributed by atoms with E-state index in [0.29, 0.717) is 17.6 Å². The van der Waals surface area contributed by atoms with Gasteiger partial charge in [0.05, 0.1) is 0 Å². The Hall–Kier alpha value is -2.61. The van der Waals surface area contributed by atoms with Crippen LogP contribution in [0.1, 0.15) is 12.1 Å². The van der Waals surface area contributed by atoms with E-state index in [2.05, 4.69) is 38.4 Å². The Morgan fingerprint density at radius 3 is 2.80 bits per heavy atom. The molecule has 5 heteroatoms. The van der Waals surface area contributed by atoms with Crippen LogP contribution in [0.25, 0.3) is 0 Å². The number of anilines is 2. The third kappa shape index (κ3) is 2.54. The van der Waals surface area contributed by atoms with E-state index in [0.717, 1.165) is 19.5 Å². The Bertz CT molecular complexity index is 620. The van der Waals surface area contributed by atoms with Gasteiger partial charge in [0.25, 0.3) is 0 Å². The highest BCUT2D eigenvalue weighted by atomic mass is 15.2. The summed E-state index contributed by atoms with van der Waals surface area (Å²) in [6, 6.07) is 12.7. The van der Waals surface area contributed by atoms with Gasteiger partial charge in [0.15, 0.2) is 11.5 Å². The SMILES string of the molecule is N#Cc1nccnc1NC1CCN(c2ccccc2)C1. The van der Waals surface area contributed by atoms with Gasteiger partial charge >= 0.3 is 0 Å². The first kappa shape index (κ1) is 12.4. The van der Waals surface area contributed by atoms with Gasteiger partial charge in [-0.3, -0.25) is 0 Å². The number of nitrogens with zero attached hydrogens (tertiary/aromatic N) is 4. The van der Waals surface area contributed by atoms with E-state index in [9.17, 15) is 0 Å². The van der Waals surface area contributed by atoms with Crippen LogP contribution in [0, 0.1) is 11.3 Å². The van der Waals surface area contributed by atoms with Crippen LogP contribution in [0.2, 0.25) is 0 Å². The molecule has 0 bridgehead atoms. The van der Waals surface area contributed by atoms with E-state index in [1.54, 1.807) is 6.20 Å². The lowest BCUT2D eigenvalue weighted by molar-refractivity contribution is 0.798. The van der Waals surface area contributed by atoms with Gasteiger partial charge < -0.3 is 10.2 Å². The number of aromatic nitrogens is 2. The molecule has 0 amide bonds. The molecule has 5 nitrogen and oxygen atoms in total. The van der Waals surface area contributed by atoms with Gasteiger partial charge in [0.1, 0.15) is 6.07 Å². The third-order valence-electron chi connectivity index (χ3n) is 3.45. The molecule has 1 aromatic carbocycles. The summed E-state index contributed by atoms with van der Waals surface area (Å²) in [5.74, 6) is 0.579. The smallest absolute Gasteiger partial charge is 0.182 e. The van der Waals surface area contributed by atoms with Crippen molar-refractivity contribution < 1.29 is 0 Å². The Morgan fingerprint density at radius 1 is 1.20 bits per heavy atom. The summed E-state index contributed by atoms with van der Waals surface area (Å²) < 4.78 is 0. The molecule has 1 aliphatic rings.